The molecule has 0 spiro atoms. The maximum atomic E-state index is 12.9. The Balaban J connectivity index is 1.69. The van der Waals surface area contributed by atoms with Gasteiger partial charge in [-0.1, -0.05) is 25.3 Å². The van der Waals surface area contributed by atoms with Crippen LogP contribution in [0.15, 0.2) is 29.2 Å². The Morgan fingerprint density at radius 1 is 1.23 bits per heavy atom. The molecule has 26 heavy (non-hydrogen) atoms. The molecule has 144 valence electrons. The summed E-state index contributed by atoms with van der Waals surface area (Å²) in [4.78, 5) is 12.5. The molecule has 0 bridgehead atoms. The van der Waals surface area contributed by atoms with Gasteiger partial charge in [-0.2, -0.15) is 4.31 Å². The van der Waals surface area contributed by atoms with Crippen molar-refractivity contribution in [2.75, 3.05) is 13.6 Å². The molecule has 3 rings (SSSR count). The third-order valence-electron chi connectivity index (χ3n) is 5.59. The van der Waals surface area contributed by atoms with Gasteiger partial charge in [-0.15, -0.1) is 0 Å². The first-order valence-electron chi connectivity index (χ1n) is 9.51. The number of hydrogen-bond donors (Lipinski definition) is 2. The number of rotatable bonds is 7. The number of hydrogen-bond acceptors (Lipinski definition) is 4. The molecule has 3 N–H and O–H groups in total. The van der Waals surface area contributed by atoms with Gasteiger partial charge in [-0.05, 0) is 49.8 Å². The zero-order valence-electron chi connectivity index (χ0n) is 15.4. The SMILES string of the molecule is CN(C1CCCCC1)S(=O)(=O)c1cccc(C(=O)NCC(N)C2CC2)c1. The van der Waals surface area contributed by atoms with E-state index < -0.39 is 10.0 Å². The topological polar surface area (TPSA) is 92.5 Å². The number of carbonyl (C=O) groups is 1. The molecule has 0 radical (unpaired) electrons. The lowest BCUT2D eigenvalue weighted by Gasteiger charge is -2.30. The first-order chi connectivity index (χ1) is 12.4. The van der Waals surface area contributed by atoms with Gasteiger partial charge in [0.25, 0.3) is 5.91 Å². The van der Waals surface area contributed by atoms with E-state index in [2.05, 4.69) is 5.32 Å². The average Bonchev–Trinajstić information content (AvgIpc) is 3.51. The van der Waals surface area contributed by atoms with E-state index in [0.717, 1.165) is 38.5 Å². The molecular formula is C19H29N3O3S. The van der Waals surface area contributed by atoms with Crippen molar-refractivity contribution in [1.82, 2.24) is 9.62 Å². The first-order valence-corrected chi connectivity index (χ1v) is 11.0. The first kappa shape index (κ1) is 19.3. The molecule has 0 aromatic heterocycles. The quantitative estimate of drug-likeness (QED) is 0.759. The van der Waals surface area contributed by atoms with Crippen LogP contribution in [-0.4, -0.2) is 44.3 Å². The van der Waals surface area contributed by atoms with Crippen molar-refractivity contribution in [1.29, 1.82) is 0 Å². The molecule has 2 aliphatic carbocycles. The highest BCUT2D eigenvalue weighted by molar-refractivity contribution is 7.89. The summed E-state index contributed by atoms with van der Waals surface area (Å²) in [6, 6.07) is 6.30. The fourth-order valence-corrected chi connectivity index (χ4v) is 5.07. The van der Waals surface area contributed by atoms with Crippen molar-refractivity contribution >= 4 is 15.9 Å². The number of amides is 1. The summed E-state index contributed by atoms with van der Waals surface area (Å²) >= 11 is 0. The zero-order chi connectivity index (χ0) is 18.7. The number of nitrogens with two attached hydrogens (primary N) is 1. The Bertz CT molecular complexity index is 740. The van der Waals surface area contributed by atoms with Crippen LogP contribution in [0.1, 0.15) is 55.3 Å². The predicted molar refractivity (Wildman–Crippen MR) is 101 cm³/mol. The van der Waals surface area contributed by atoms with E-state index in [9.17, 15) is 13.2 Å². The minimum absolute atomic E-state index is 0.0247. The van der Waals surface area contributed by atoms with E-state index >= 15 is 0 Å². The minimum Gasteiger partial charge on any atom is -0.350 e. The molecule has 0 aliphatic heterocycles. The molecule has 7 heteroatoms. The van der Waals surface area contributed by atoms with E-state index in [0.29, 0.717) is 18.0 Å². The van der Waals surface area contributed by atoms with Gasteiger partial charge in [0.05, 0.1) is 4.90 Å². The lowest BCUT2D eigenvalue weighted by atomic mass is 9.96. The molecule has 2 fully saturated rings. The number of sulfonamides is 1. The van der Waals surface area contributed by atoms with E-state index in [4.69, 9.17) is 5.73 Å². The van der Waals surface area contributed by atoms with Crippen LogP contribution in [-0.2, 0) is 10.0 Å². The highest BCUT2D eigenvalue weighted by Crippen LogP contribution is 2.31. The molecule has 1 atom stereocenters. The largest absolute Gasteiger partial charge is 0.350 e. The Kier molecular flexibility index (Phi) is 5.99. The minimum atomic E-state index is -3.60. The van der Waals surface area contributed by atoms with Gasteiger partial charge >= 0.3 is 0 Å². The monoisotopic (exact) mass is 379 g/mol. The van der Waals surface area contributed by atoms with E-state index in [-0.39, 0.29) is 22.9 Å². The third-order valence-corrected chi connectivity index (χ3v) is 7.49. The van der Waals surface area contributed by atoms with Crippen LogP contribution in [0.5, 0.6) is 0 Å². The summed E-state index contributed by atoms with van der Waals surface area (Å²) in [7, 11) is -1.96. The lowest BCUT2D eigenvalue weighted by molar-refractivity contribution is 0.0950. The third kappa shape index (κ3) is 4.45. The van der Waals surface area contributed by atoms with Crippen LogP contribution < -0.4 is 11.1 Å². The summed E-state index contributed by atoms with van der Waals surface area (Å²) in [5.41, 5.74) is 6.36. The van der Waals surface area contributed by atoms with Gasteiger partial charge in [-0.3, -0.25) is 4.79 Å². The average molecular weight is 380 g/mol. The van der Waals surface area contributed by atoms with Crippen LogP contribution in [0.4, 0.5) is 0 Å². The molecular weight excluding hydrogens is 350 g/mol. The van der Waals surface area contributed by atoms with E-state index in [1.807, 2.05) is 0 Å². The molecule has 1 unspecified atom stereocenters. The number of benzene rings is 1. The number of carbonyl (C=O) groups excluding carboxylic acids is 1. The molecule has 0 heterocycles. The van der Waals surface area contributed by atoms with Crippen LogP contribution in [0.2, 0.25) is 0 Å². The van der Waals surface area contributed by atoms with Gasteiger partial charge in [0.2, 0.25) is 10.0 Å². The van der Waals surface area contributed by atoms with Crippen molar-refractivity contribution in [2.24, 2.45) is 11.7 Å². The second kappa shape index (κ2) is 8.06. The fourth-order valence-electron chi connectivity index (χ4n) is 3.61. The predicted octanol–water partition coefficient (Wildman–Crippen LogP) is 2.11. The molecule has 1 aromatic rings. The Labute approximate surface area is 156 Å². The van der Waals surface area contributed by atoms with Crippen molar-refractivity contribution < 1.29 is 13.2 Å². The van der Waals surface area contributed by atoms with Gasteiger partial charge in [-0.25, -0.2) is 8.42 Å². The summed E-state index contributed by atoms with van der Waals surface area (Å²) in [5, 5.41) is 2.82. The summed E-state index contributed by atoms with van der Waals surface area (Å²) < 4.78 is 27.4. The highest BCUT2D eigenvalue weighted by Gasteiger charge is 2.30. The van der Waals surface area contributed by atoms with Gasteiger partial charge < -0.3 is 11.1 Å². The van der Waals surface area contributed by atoms with Crippen molar-refractivity contribution in [3.05, 3.63) is 29.8 Å². The van der Waals surface area contributed by atoms with Crippen LogP contribution in [0, 0.1) is 5.92 Å². The fraction of sp³-hybridized carbons (Fsp3) is 0.632. The second-order valence-corrected chi connectivity index (χ2v) is 9.55. The molecule has 0 saturated heterocycles. The van der Waals surface area contributed by atoms with Gasteiger partial charge in [0.15, 0.2) is 0 Å². The van der Waals surface area contributed by atoms with E-state index in [1.165, 1.54) is 16.8 Å². The Morgan fingerprint density at radius 3 is 2.58 bits per heavy atom. The highest BCUT2D eigenvalue weighted by atomic mass is 32.2. The van der Waals surface area contributed by atoms with Crippen molar-refractivity contribution in [2.45, 2.75) is 61.9 Å². The van der Waals surface area contributed by atoms with Crippen molar-refractivity contribution in [3.63, 3.8) is 0 Å². The maximum Gasteiger partial charge on any atom is 0.251 e. The summed E-state index contributed by atoms with van der Waals surface area (Å²) in [6.07, 6.45) is 7.34. The van der Waals surface area contributed by atoms with Crippen LogP contribution >= 0.6 is 0 Å². The summed E-state index contributed by atoms with van der Waals surface area (Å²) in [6.45, 7) is 0.419. The number of nitrogens with zero attached hydrogens (tertiary/aromatic N) is 1. The van der Waals surface area contributed by atoms with Crippen LogP contribution in [0.25, 0.3) is 0 Å². The smallest absolute Gasteiger partial charge is 0.251 e. The Morgan fingerprint density at radius 2 is 1.92 bits per heavy atom. The maximum absolute atomic E-state index is 12.9. The van der Waals surface area contributed by atoms with Crippen molar-refractivity contribution in [3.8, 4) is 0 Å². The number of nitrogens with one attached hydrogen (secondary N) is 1. The van der Waals surface area contributed by atoms with E-state index in [1.54, 1.807) is 25.2 Å². The lowest BCUT2D eigenvalue weighted by Crippen LogP contribution is -2.39. The molecule has 1 aromatic carbocycles. The zero-order valence-corrected chi connectivity index (χ0v) is 16.2. The normalized spacial score (nSPS) is 20.1. The molecule has 6 nitrogen and oxygen atoms in total. The standard InChI is InChI=1S/C19H29N3O3S/c1-22(16-7-3-2-4-8-16)26(24,25)17-9-5-6-15(12-17)19(23)21-13-18(20)14-10-11-14/h5-6,9,12,14,16,18H,2-4,7-8,10-11,13,20H2,1H3,(H,21,23). The van der Waals surface area contributed by atoms with Gasteiger partial charge in [0, 0.05) is 31.2 Å². The summed E-state index contributed by atoms with van der Waals surface area (Å²) in [5.74, 6) is 0.227. The molecule has 2 saturated carbocycles. The van der Waals surface area contributed by atoms with Gasteiger partial charge in [0.1, 0.15) is 0 Å². The molecule has 2 aliphatic rings. The molecule has 1 amide bonds. The van der Waals surface area contributed by atoms with Crippen LogP contribution in [0.3, 0.4) is 0 Å². The second-order valence-electron chi connectivity index (χ2n) is 7.55. The Hall–Kier alpha value is -1.44.